The molecule has 1 fully saturated rings. The monoisotopic (exact) mass is 457 g/mol. The Morgan fingerprint density at radius 1 is 1.06 bits per heavy atom. The minimum Gasteiger partial charge on any atom is -0.368 e. The number of ether oxygens (including phenoxy) is 1. The number of fused-ring (bicyclic) bond motifs is 4. The molecule has 6 rings (SSSR count). The molecule has 2 aliphatic heterocycles. The highest BCUT2D eigenvalue weighted by Gasteiger charge is 2.24. The van der Waals surface area contributed by atoms with Crippen LogP contribution in [-0.2, 0) is 41.9 Å². The van der Waals surface area contributed by atoms with E-state index in [1.165, 1.54) is 27.8 Å². The Balaban J connectivity index is 1.05. The van der Waals surface area contributed by atoms with E-state index in [-0.39, 0.29) is 12.0 Å². The first-order chi connectivity index (χ1) is 16.7. The summed E-state index contributed by atoms with van der Waals surface area (Å²) in [5.74, 6) is 2.00. The van der Waals surface area contributed by atoms with Gasteiger partial charge in [-0.15, -0.1) is 10.2 Å². The maximum atomic E-state index is 12.2. The fourth-order valence-electron chi connectivity index (χ4n) is 5.52. The minimum absolute atomic E-state index is 0.00303. The standard InChI is InChI=1S/C27H31N5O2/c33-27(24-6-3-15-34-24)28-11-9-25-29-30-26-10-12-31(13-14-32(25)26)18-19-7-8-23-21(16-19)17-20-4-1-2-5-22(20)23/h1-2,4-5,7-8,16,24H,3,6,9-15,17-18H2,(H,28,33). The van der Waals surface area contributed by atoms with Gasteiger partial charge in [0.15, 0.2) is 0 Å². The van der Waals surface area contributed by atoms with Crippen LogP contribution in [-0.4, -0.2) is 57.9 Å². The van der Waals surface area contributed by atoms with Crippen molar-refractivity contribution in [1.82, 2.24) is 25.0 Å². The third-order valence-corrected chi connectivity index (χ3v) is 7.33. The van der Waals surface area contributed by atoms with Crippen molar-refractivity contribution < 1.29 is 9.53 Å². The van der Waals surface area contributed by atoms with Crippen molar-refractivity contribution >= 4 is 5.91 Å². The predicted molar refractivity (Wildman–Crippen MR) is 129 cm³/mol. The summed E-state index contributed by atoms with van der Waals surface area (Å²) in [4.78, 5) is 14.7. The number of carbonyl (C=O) groups is 1. The molecule has 3 heterocycles. The van der Waals surface area contributed by atoms with Gasteiger partial charge in [0.2, 0.25) is 5.91 Å². The highest BCUT2D eigenvalue weighted by Crippen LogP contribution is 2.36. The molecule has 176 valence electrons. The average molecular weight is 458 g/mol. The molecule has 2 aromatic carbocycles. The number of carbonyl (C=O) groups excluding carboxylic acids is 1. The SMILES string of the molecule is O=C(NCCc1nnc2n1CCN(Cc1ccc3c(c1)Cc1ccccc1-3)CC2)C1CCCO1. The molecule has 1 amide bonds. The summed E-state index contributed by atoms with van der Waals surface area (Å²) in [6.07, 6.45) is 4.12. The minimum atomic E-state index is -0.280. The van der Waals surface area contributed by atoms with Gasteiger partial charge in [-0.3, -0.25) is 9.69 Å². The zero-order chi connectivity index (χ0) is 22.9. The Labute approximate surface area is 200 Å². The first kappa shape index (κ1) is 21.5. The van der Waals surface area contributed by atoms with Crippen LogP contribution < -0.4 is 5.32 Å². The summed E-state index contributed by atoms with van der Waals surface area (Å²) in [5, 5.41) is 11.9. The fourth-order valence-corrected chi connectivity index (χ4v) is 5.52. The van der Waals surface area contributed by atoms with Crippen molar-refractivity contribution in [3.63, 3.8) is 0 Å². The molecule has 0 saturated carbocycles. The van der Waals surface area contributed by atoms with Crippen LogP contribution in [0.1, 0.15) is 41.2 Å². The van der Waals surface area contributed by atoms with E-state index >= 15 is 0 Å². The summed E-state index contributed by atoms with van der Waals surface area (Å²) >= 11 is 0. The first-order valence-corrected chi connectivity index (χ1v) is 12.5. The fraction of sp³-hybridized carbons (Fsp3) is 0.444. The van der Waals surface area contributed by atoms with Crippen molar-refractivity contribution in [3.8, 4) is 11.1 Å². The maximum Gasteiger partial charge on any atom is 0.249 e. The van der Waals surface area contributed by atoms with E-state index in [1.54, 1.807) is 0 Å². The van der Waals surface area contributed by atoms with E-state index in [0.717, 1.165) is 63.5 Å². The molecule has 3 aromatic rings. The number of rotatable bonds is 6. The number of benzene rings is 2. The quantitative estimate of drug-likeness (QED) is 0.482. The highest BCUT2D eigenvalue weighted by atomic mass is 16.5. The zero-order valence-electron chi connectivity index (χ0n) is 19.5. The van der Waals surface area contributed by atoms with Crippen molar-refractivity contribution in [1.29, 1.82) is 0 Å². The van der Waals surface area contributed by atoms with Gasteiger partial charge in [0.05, 0.1) is 0 Å². The molecule has 0 spiro atoms. The largest absolute Gasteiger partial charge is 0.368 e. The lowest BCUT2D eigenvalue weighted by Gasteiger charge is -2.20. The Hall–Kier alpha value is -3.03. The topological polar surface area (TPSA) is 72.3 Å². The van der Waals surface area contributed by atoms with E-state index < -0.39 is 0 Å². The first-order valence-electron chi connectivity index (χ1n) is 12.5. The van der Waals surface area contributed by atoms with Crippen LogP contribution in [0.5, 0.6) is 0 Å². The van der Waals surface area contributed by atoms with Gasteiger partial charge in [-0.2, -0.15) is 0 Å². The van der Waals surface area contributed by atoms with Crippen LogP contribution in [0.4, 0.5) is 0 Å². The van der Waals surface area contributed by atoms with Gasteiger partial charge in [0.25, 0.3) is 0 Å². The molecular formula is C27H31N5O2. The predicted octanol–water partition coefficient (Wildman–Crippen LogP) is 2.75. The summed E-state index contributed by atoms with van der Waals surface area (Å²) < 4.78 is 7.71. The average Bonchev–Trinajstić information content (AvgIpc) is 3.57. The third-order valence-electron chi connectivity index (χ3n) is 7.33. The molecule has 1 atom stereocenters. The molecule has 3 aliphatic rings. The molecule has 1 unspecified atom stereocenters. The lowest BCUT2D eigenvalue weighted by molar-refractivity contribution is -0.130. The number of hydrogen-bond donors (Lipinski definition) is 1. The smallest absolute Gasteiger partial charge is 0.249 e. The van der Waals surface area contributed by atoms with Gasteiger partial charge in [-0.1, -0.05) is 42.5 Å². The molecule has 1 aliphatic carbocycles. The van der Waals surface area contributed by atoms with Crippen LogP contribution in [0.3, 0.4) is 0 Å². The third kappa shape index (κ3) is 4.26. The lowest BCUT2D eigenvalue weighted by atomic mass is 10.0. The second-order valence-corrected chi connectivity index (χ2v) is 9.58. The molecule has 0 bridgehead atoms. The van der Waals surface area contributed by atoms with Crippen LogP contribution in [0.2, 0.25) is 0 Å². The molecule has 1 aromatic heterocycles. The number of nitrogens with zero attached hydrogens (tertiary/aromatic N) is 4. The highest BCUT2D eigenvalue weighted by molar-refractivity contribution is 5.81. The van der Waals surface area contributed by atoms with Crippen molar-refractivity contribution in [3.05, 3.63) is 70.8 Å². The normalized spacial score (nSPS) is 19.4. The summed E-state index contributed by atoms with van der Waals surface area (Å²) in [7, 11) is 0. The maximum absolute atomic E-state index is 12.2. The molecule has 7 heteroatoms. The van der Waals surface area contributed by atoms with Gasteiger partial charge in [-0.05, 0) is 47.1 Å². The Kier molecular flexibility index (Phi) is 5.89. The van der Waals surface area contributed by atoms with Crippen molar-refractivity contribution in [2.45, 2.75) is 51.3 Å². The Morgan fingerprint density at radius 2 is 1.97 bits per heavy atom. The number of amides is 1. The van der Waals surface area contributed by atoms with E-state index in [9.17, 15) is 4.79 Å². The molecule has 34 heavy (non-hydrogen) atoms. The summed E-state index contributed by atoms with van der Waals surface area (Å²) in [5.41, 5.74) is 7.02. The second-order valence-electron chi connectivity index (χ2n) is 9.58. The number of nitrogens with one attached hydrogen (secondary N) is 1. The summed E-state index contributed by atoms with van der Waals surface area (Å²) in [6, 6.07) is 15.7. The molecule has 0 radical (unpaired) electrons. The number of aromatic nitrogens is 3. The van der Waals surface area contributed by atoms with Gasteiger partial charge in [-0.25, -0.2) is 0 Å². The number of hydrogen-bond acceptors (Lipinski definition) is 5. The van der Waals surface area contributed by atoms with E-state index in [4.69, 9.17) is 4.74 Å². The van der Waals surface area contributed by atoms with E-state index in [2.05, 4.69) is 67.4 Å². The Morgan fingerprint density at radius 3 is 2.88 bits per heavy atom. The van der Waals surface area contributed by atoms with E-state index in [0.29, 0.717) is 19.6 Å². The van der Waals surface area contributed by atoms with Gasteiger partial charge in [0.1, 0.15) is 17.8 Å². The van der Waals surface area contributed by atoms with Crippen molar-refractivity contribution in [2.24, 2.45) is 0 Å². The molecule has 1 N–H and O–H groups in total. The van der Waals surface area contributed by atoms with E-state index in [1.807, 2.05) is 0 Å². The van der Waals surface area contributed by atoms with Crippen LogP contribution >= 0.6 is 0 Å². The molecular weight excluding hydrogens is 426 g/mol. The molecule has 7 nitrogen and oxygen atoms in total. The Bertz CT molecular complexity index is 1200. The van der Waals surface area contributed by atoms with Crippen LogP contribution in [0, 0.1) is 0 Å². The van der Waals surface area contributed by atoms with Gasteiger partial charge in [0, 0.05) is 52.2 Å². The lowest BCUT2D eigenvalue weighted by Crippen LogP contribution is -2.35. The van der Waals surface area contributed by atoms with Crippen molar-refractivity contribution in [2.75, 3.05) is 26.2 Å². The second kappa shape index (κ2) is 9.31. The van der Waals surface area contributed by atoms with Crippen LogP contribution in [0.15, 0.2) is 42.5 Å². The van der Waals surface area contributed by atoms with Gasteiger partial charge < -0.3 is 14.6 Å². The molecule has 1 saturated heterocycles. The zero-order valence-corrected chi connectivity index (χ0v) is 19.5. The van der Waals surface area contributed by atoms with Gasteiger partial charge >= 0.3 is 0 Å². The summed E-state index contributed by atoms with van der Waals surface area (Å²) in [6.45, 7) is 5.04. The van der Waals surface area contributed by atoms with Crippen LogP contribution in [0.25, 0.3) is 11.1 Å².